The van der Waals surface area contributed by atoms with Crippen molar-refractivity contribution in [1.29, 1.82) is 0 Å². The second-order valence-electron chi connectivity index (χ2n) is 6.73. The zero-order valence-corrected chi connectivity index (χ0v) is 15.4. The summed E-state index contributed by atoms with van der Waals surface area (Å²) in [4.78, 5) is 11.7. The van der Waals surface area contributed by atoms with Crippen LogP contribution in [0.3, 0.4) is 0 Å². The average molecular weight is 306 g/mol. The number of allylic oxidation sites excluding steroid dienone is 5. The van der Waals surface area contributed by atoms with E-state index in [-0.39, 0.29) is 5.97 Å². The zero-order valence-electron chi connectivity index (χ0n) is 15.4. The highest BCUT2D eigenvalue weighted by atomic mass is 16.5. The molecule has 22 heavy (non-hydrogen) atoms. The summed E-state index contributed by atoms with van der Waals surface area (Å²) >= 11 is 0. The zero-order chi connectivity index (χ0) is 17.0. The summed E-state index contributed by atoms with van der Waals surface area (Å²) in [7, 11) is 0. The van der Waals surface area contributed by atoms with Gasteiger partial charge in [-0.25, -0.2) is 4.79 Å². The van der Waals surface area contributed by atoms with E-state index in [1.165, 1.54) is 11.1 Å². The van der Waals surface area contributed by atoms with Gasteiger partial charge in [0.2, 0.25) is 0 Å². The fourth-order valence-electron chi connectivity index (χ4n) is 2.07. The van der Waals surface area contributed by atoms with Gasteiger partial charge in [0.05, 0.1) is 6.61 Å². The van der Waals surface area contributed by atoms with E-state index in [1.807, 2.05) is 6.92 Å². The fourth-order valence-corrected chi connectivity index (χ4v) is 2.07. The second-order valence-corrected chi connectivity index (χ2v) is 6.73. The largest absolute Gasteiger partial charge is 0.463 e. The van der Waals surface area contributed by atoms with Gasteiger partial charge in [-0.15, -0.1) is 0 Å². The van der Waals surface area contributed by atoms with Gasteiger partial charge in [-0.05, 0) is 72.6 Å². The first-order valence-electron chi connectivity index (χ1n) is 8.42. The highest BCUT2D eigenvalue weighted by Crippen LogP contribution is 2.12. The standard InChI is InChI=1S/C20H34O2/c1-16(2)9-7-11-18(5)13-14-22-20(21)15-19(6)12-8-10-17(3)4/h9-10,15,18H,7-8,11-14H2,1-6H3/b19-15-. The second kappa shape index (κ2) is 12.3. The number of ether oxygens (including phenoxy) is 1. The van der Waals surface area contributed by atoms with Crippen LogP contribution in [0.2, 0.25) is 0 Å². The fraction of sp³-hybridized carbons (Fsp3) is 0.650. The maximum atomic E-state index is 11.7. The number of esters is 1. The molecule has 126 valence electrons. The van der Waals surface area contributed by atoms with Crippen LogP contribution in [0.25, 0.3) is 0 Å². The molecule has 0 rings (SSSR count). The number of carbonyl (C=O) groups excluding carboxylic acids is 1. The molecule has 0 aliphatic heterocycles. The summed E-state index contributed by atoms with van der Waals surface area (Å²) in [6, 6.07) is 0. The molecule has 0 aliphatic carbocycles. The molecule has 0 aromatic heterocycles. The highest BCUT2D eigenvalue weighted by Gasteiger charge is 2.04. The minimum absolute atomic E-state index is 0.203. The van der Waals surface area contributed by atoms with Crippen molar-refractivity contribution in [3.8, 4) is 0 Å². The predicted molar refractivity (Wildman–Crippen MR) is 95.8 cm³/mol. The van der Waals surface area contributed by atoms with Gasteiger partial charge < -0.3 is 4.74 Å². The third-order valence-corrected chi connectivity index (χ3v) is 3.52. The minimum Gasteiger partial charge on any atom is -0.463 e. The van der Waals surface area contributed by atoms with Crippen molar-refractivity contribution in [2.45, 2.75) is 73.6 Å². The van der Waals surface area contributed by atoms with Gasteiger partial charge in [0, 0.05) is 6.08 Å². The van der Waals surface area contributed by atoms with Crippen LogP contribution in [0.1, 0.15) is 73.6 Å². The predicted octanol–water partition coefficient (Wildman–Crippen LogP) is 5.99. The molecular weight excluding hydrogens is 272 g/mol. The Morgan fingerprint density at radius 3 is 2.14 bits per heavy atom. The Morgan fingerprint density at radius 2 is 1.55 bits per heavy atom. The molecule has 0 aromatic rings. The Morgan fingerprint density at radius 1 is 0.955 bits per heavy atom. The smallest absolute Gasteiger partial charge is 0.330 e. The molecular formula is C20H34O2. The van der Waals surface area contributed by atoms with Gasteiger partial charge in [-0.2, -0.15) is 0 Å². The van der Waals surface area contributed by atoms with Gasteiger partial charge in [0.1, 0.15) is 0 Å². The van der Waals surface area contributed by atoms with Gasteiger partial charge in [-0.1, -0.05) is 35.8 Å². The SMILES string of the molecule is CC(C)=CCC/C(C)=C\C(=O)OCCC(C)CCC=C(C)C. The summed E-state index contributed by atoms with van der Waals surface area (Å²) in [5.74, 6) is 0.386. The van der Waals surface area contributed by atoms with Crippen molar-refractivity contribution in [2.75, 3.05) is 6.61 Å². The number of carbonyl (C=O) groups is 1. The normalized spacial score (nSPS) is 12.5. The maximum absolute atomic E-state index is 11.7. The Balaban J connectivity index is 3.88. The van der Waals surface area contributed by atoms with E-state index in [1.54, 1.807) is 6.08 Å². The van der Waals surface area contributed by atoms with Crippen LogP contribution in [0, 0.1) is 5.92 Å². The molecule has 0 saturated carbocycles. The molecule has 0 spiro atoms. The molecule has 0 aliphatic rings. The van der Waals surface area contributed by atoms with Gasteiger partial charge >= 0.3 is 5.97 Å². The number of hydrogen-bond acceptors (Lipinski definition) is 2. The van der Waals surface area contributed by atoms with Crippen molar-refractivity contribution in [1.82, 2.24) is 0 Å². The lowest BCUT2D eigenvalue weighted by Gasteiger charge is -2.10. The topological polar surface area (TPSA) is 26.3 Å². The summed E-state index contributed by atoms with van der Waals surface area (Å²) in [5, 5.41) is 0. The van der Waals surface area contributed by atoms with Crippen molar-refractivity contribution in [3.63, 3.8) is 0 Å². The summed E-state index contributed by atoms with van der Waals surface area (Å²) in [6.45, 7) is 13.2. The van der Waals surface area contributed by atoms with Gasteiger partial charge in [0.25, 0.3) is 0 Å². The first-order chi connectivity index (χ1) is 10.3. The molecule has 0 saturated heterocycles. The van der Waals surface area contributed by atoms with Gasteiger partial charge in [0.15, 0.2) is 0 Å². The van der Waals surface area contributed by atoms with Crippen LogP contribution < -0.4 is 0 Å². The third-order valence-electron chi connectivity index (χ3n) is 3.52. The average Bonchev–Trinajstić information content (AvgIpc) is 2.37. The Hall–Kier alpha value is -1.31. The van der Waals surface area contributed by atoms with Crippen LogP contribution in [-0.4, -0.2) is 12.6 Å². The maximum Gasteiger partial charge on any atom is 0.330 e. The highest BCUT2D eigenvalue weighted by molar-refractivity contribution is 5.82. The van der Waals surface area contributed by atoms with E-state index in [2.05, 4.69) is 46.8 Å². The lowest BCUT2D eigenvalue weighted by atomic mass is 10.0. The lowest BCUT2D eigenvalue weighted by molar-refractivity contribution is -0.138. The molecule has 0 heterocycles. The molecule has 0 radical (unpaired) electrons. The lowest BCUT2D eigenvalue weighted by Crippen LogP contribution is -2.07. The molecule has 0 bridgehead atoms. The molecule has 0 fully saturated rings. The summed E-state index contributed by atoms with van der Waals surface area (Å²) < 4.78 is 5.29. The van der Waals surface area contributed by atoms with E-state index < -0.39 is 0 Å². The third kappa shape index (κ3) is 13.7. The first-order valence-corrected chi connectivity index (χ1v) is 8.42. The van der Waals surface area contributed by atoms with E-state index >= 15 is 0 Å². The monoisotopic (exact) mass is 306 g/mol. The van der Waals surface area contributed by atoms with E-state index in [0.717, 1.165) is 37.7 Å². The van der Waals surface area contributed by atoms with Crippen molar-refractivity contribution >= 4 is 5.97 Å². The molecule has 0 N–H and O–H groups in total. The van der Waals surface area contributed by atoms with Gasteiger partial charge in [-0.3, -0.25) is 0 Å². The summed E-state index contributed by atoms with van der Waals surface area (Å²) in [5.41, 5.74) is 3.77. The van der Waals surface area contributed by atoms with Crippen LogP contribution in [0.4, 0.5) is 0 Å². The Bertz CT molecular complexity index is 405. The van der Waals surface area contributed by atoms with Crippen LogP contribution in [-0.2, 0) is 9.53 Å². The van der Waals surface area contributed by atoms with Crippen LogP contribution in [0.5, 0.6) is 0 Å². The molecule has 2 heteroatoms. The van der Waals surface area contributed by atoms with E-state index in [4.69, 9.17) is 4.74 Å². The summed E-state index contributed by atoms with van der Waals surface area (Å²) in [6.07, 6.45) is 11.2. The molecule has 0 aromatic carbocycles. The Labute approximate surface area is 137 Å². The van der Waals surface area contributed by atoms with E-state index in [9.17, 15) is 4.79 Å². The quantitative estimate of drug-likeness (QED) is 0.281. The minimum atomic E-state index is -0.203. The van der Waals surface area contributed by atoms with Crippen molar-refractivity contribution in [2.24, 2.45) is 5.92 Å². The van der Waals surface area contributed by atoms with E-state index in [0.29, 0.717) is 12.5 Å². The molecule has 2 nitrogen and oxygen atoms in total. The van der Waals surface area contributed by atoms with Crippen molar-refractivity contribution < 1.29 is 9.53 Å². The van der Waals surface area contributed by atoms with Crippen LogP contribution in [0.15, 0.2) is 34.9 Å². The number of hydrogen-bond donors (Lipinski definition) is 0. The Kier molecular flexibility index (Phi) is 11.5. The molecule has 0 amide bonds. The molecule has 1 unspecified atom stereocenters. The van der Waals surface area contributed by atoms with Crippen LogP contribution >= 0.6 is 0 Å². The van der Waals surface area contributed by atoms with Crippen molar-refractivity contribution in [3.05, 3.63) is 34.9 Å². The number of rotatable bonds is 10. The first kappa shape index (κ1) is 20.7. The molecule has 1 atom stereocenters.